The average Bonchev–Trinajstić information content (AvgIpc) is 3.03. The molecule has 0 saturated heterocycles. The van der Waals surface area contributed by atoms with Crippen LogP contribution in [-0.2, 0) is 11.3 Å². The van der Waals surface area contributed by atoms with Crippen LogP contribution in [0.15, 0.2) is 18.5 Å². The smallest absolute Gasteiger partial charge is 0.410 e. The van der Waals surface area contributed by atoms with Gasteiger partial charge in [0.05, 0.1) is 0 Å². The Hall–Kier alpha value is -1.49. The van der Waals surface area contributed by atoms with E-state index in [2.05, 4.69) is 10.3 Å². The van der Waals surface area contributed by atoms with Crippen LogP contribution in [0.2, 0.25) is 0 Å². The summed E-state index contributed by atoms with van der Waals surface area (Å²) in [5, 5.41) is 3.35. The molecule has 1 aromatic rings. The van der Waals surface area contributed by atoms with Crippen LogP contribution in [0.1, 0.15) is 39.2 Å². The Morgan fingerprint density at radius 1 is 1.50 bits per heavy atom. The predicted octanol–water partition coefficient (Wildman–Crippen LogP) is 2.50. The molecule has 112 valence electrons. The fraction of sp³-hybridized carbons (Fsp3) is 0.667. The van der Waals surface area contributed by atoms with Crippen molar-refractivity contribution >= 4 is 6.09 Å². The third-order valence-electron chi connectivity index (χ3n) is 3.14. The first-order valence-electron chi connectivity index (χ1n) is 7.28. The van der Waals surface area contributed by atoms with Crippen molar-refractivity contribution in [3.63, 3.8) is 0 Å². The van der Waals surface area contributed by atoms with Gasteiger partial charge in [-0.25, -0.2) is 4.79 Å². The number of amides is 1. The Kier molecular flexibility index (Phi) is 4.70. The second-order valence-corrected chi connectivity index (χ2v) is 6.30. The van der Waals surface area contributed by atoms with Crippen LogP contribution in [0.4, 0.5) is 4.79 Å². The van der Waals surface area contributed by atoms with E-state index in [9.17, 15) is 4.79 Å². The summed E-state index contributed by atoms with van der Waals surface area (Å²) in [6.45, 7) is 8.00. The summed E-state index contributed by atoms with van der Waals surface area (Å²) < 4.78 is 5.46. The lowest BCUT2D eigenvalue weighted by Crippen LogP contribution is -2.41. The van der Waals surface area contributed by atoms with Crippen LogP contribution in [-0.4, -0.2) is 40.7 Å². The standard InChI is InChI=1S/C15H25N3O2/c1-15(2,3)20-14(19)18(13-4-5-13)9-8-17-11-12-6-7-16-10-12/h6-7,10,13,16-17H,4-5,8-9,11H2,1-3H3. The fourth-order valence-corrected chi connectivity index (χ4v) is 2.03. The second kappa shape index (κ2) is 6.31. The Balaban J connectivity index is 1.73. The van der Waals surface area contributed by atoms with Gasteiger partial charge < -0.3 is 19.9 Å². The number of nitrogens with zero attached hydrogens (tertiary/aromatic N) is 1. The molecule has 1 amide bonds. The molecule has 0 spiro atoms. The molecule has 1 aromatic heterocycles. The first kappa shape index (κ1) is 14.9. The Morgan fingerprint density at radius 3 is 2.80 bits per heavy atom. The van der Waals surface area contributed by atoms with E-state index in [-0.39, 0.29) is 6.09 Å². The summed E-state index contributed by atoms with van der Waals surface area (Å²) in [4.78, 5) is 17.0. The molecule has 1 aliphatic carbocycles. The van der Waals surface area contributed by atoms with Gasteiger partial charge in [0.15, 0.2) is 0 Å². The molecule has 1 fully saturated rings. The molecule has 0 atom stereocenters. The van der Waals surface area contributed by atoms with E-state index >= 15 is 0 Å². The third kappa shape index (κ3) is 4.89. The number of aromatic nitrogens is 1. The van der Waals surface area contributed by atoms with Gasteiger partial charge in [-0.1, -0.05) is 0 Å². The monoisotopic (exact) mass is 279 g/mol. The normalized spacial score (nSPS) is 15.2. The highest BCUT2D eigenvalue weighted by Gasteiger charge is 2.34. The quantitative estimate of drug-likeness (QED) is 0.787. The molecule has 0 aliphatic heterocycles. The minimum absolute atomic E-state index is 0.191. The van der Waals surface area contributed by atoms with E-state index in [0.29, 0.717) is 12.6 Å². The lowest BCUT2D eigenvalue weighted by atomic mass is 10.2. The highest BCUT2D eigenvalue weighted by Crippen LogP contribution is 2.27. The number of hydrogen-bond donors (Lipinski definition) is 2. The molecule has 0 unspecified atom stereocenters. The van der Waals surface area contributed by atoms with Crippen molar-refractivity contribution in [2.75, 3.05) is 13.1 Å². The Bertz CT molecular complexity index is 419. The number of hydrogen-bond acceptors (Lipinski definition) is 3. The summed E-state index contributed by atoms with van der Waals surface area (Å²) in [6, 6.07) is 2.42. The summed E-state index contributed by atoms with van der Waals surface area (Å²) in [5.41, 5.74) is 0.795. The molecule has 0 radical (unpaired) electrons. The zero-order valence-electron chi connectivity index (χ0n) is 12.6. The topological polar surface area (TPSA) is 57.4 Å². The van der Waals surface area contributed by atoms with Crippen LogP contribution < -0.4 is 5.32 Å². The number of ether oxygens (including phenoxy) is 1. The average molecular weight is 279 g/mol. The maximum absolute atomic E-state index is 12.1. The van der Waals surface area contributed by atoms with Crippen LogP contribution in [0.25, 0.3) is 0 Å². The van der Waals surface area contributed by atoms with Gasteiger partial charge in [-0.15, -0.1) is 0 Å². The zero-order valence-corrected chi connectivity index (χ0v) is 12.6. The number of carbonyl (C=O) groups is 1. The maximum Gasteiger partial charge on any atom is 0.410 e. The fourth-order valence-electron chi connectivity index (χ4n) is 2.03. The molecule has 1 saturated carbocycles. The molecule has 1 heterocycles. The minimum Gasteiger partial charge on any atom is -0.444 e. The van der Waals surface area contributed by atoms with Crippen molar-refractivity contribution in [2.45, 2.75) is 51.8 Å². The lowest BCUT2D eigenvalue weighted by Gasteiger charge is -2.27. The summed E-state index contributed by atoms with van der Waals surface area (Å²) >= 11 is 0. The van der Waals surface area contributed by atoms with Gasteiger partial charge in [-0.05, 0) is 45.2 Å². The molecule has 0 aromatic carbocycles. The van der Waals surface area contributed by atoms with E-state index < -0.39 is 5.60 Å². The number of H-pyrrole nitrogens is 1. The van der Waals surface area contributed by atoms with Gasteiger partial charge in [0, 0.05) is 38.1 Å². The van der Waals surface area contributed by atoms with Crippen molar-refractivity contribution in [3.05, 3.63) is 24.0 Å². The second-order valence-electron chi connectivity index (χ2n) is 6.30. The van der Waals surface area contributed by atoms with E-state index in [0.717, 1.165) is 25.9 Å². The molecule has 20 heavy (non-hydrogen) atoms. The number of aromatic amines is 1. The molecule has 5 heteroatoms. The van der Waals surface area contributed by atoms with Gasteiger partial charge in [0.1, 0.15) is 5.60 Å². The molecule has 2 rings (SSSR count). The SMILES string of the molecule is CC(C)(C)OC(=O)N(CCNCc1cc[nH]c1)C1CC1. The van der Waals surface area contributed by atoms with E-state index in [1.165, 1.54) is 5.56 Å². The first-order valence-corrected chi connectivity index (χ1v) is 7.28. The molecule has 5 nitrogen and oxygen atoms in total. The number of carbonyl (C=O) groups excluding carboxylic acids is 1. The largest absolute Gasteiger partial charge is 0.444 e. The number of nitrogens with one attached hydrogen (secondary N) is 2. The van der Waals surface area contributed by atoms with Gasteiger partial charge in [0.25, 0.3) is 0 Å². The first-order chi connectivity index (χ1) is 9.46. The maximum atomic E-state index is 12.1. The predicted molar refractivity (Wildman–Crippen MR) is 78.5 cm³/mol. The summed E-state index contributed by atoms with van der Waals surface area (Å²) in [5.74, 6) is 0. The lowest BCUT2D eigenvalue weighted by molar-refractivity contribution is 0.0236. The number of rotatable bonds is 6. The molecular weight excluding hydrogens is 254 g/mol. The molecular formula is C15H25N3O2. The van der Waals surface area contributed by atoms with E-state index in [1.54, 1.807) is 0 Å². The summed E-state index contributed by atoms with van der Waals surface area (Å²) in [6.07, 6.45) is 5.88. The van der Waals surface area contributed by atoms with Gasteiger partial charge >= 0.3 is 6.09 Å². The third-order valence-corrected chi connectivity index (χ3v) is 3.14. The van der Waals surface area contributed by atoms with Gasteiger partial charge in [-0.2, -0.15) is 0 Å². The van der Waals surface area contributed by atoms with Gasteiger partial charge in [0.2, 0.25) is 0 Å². The highest BCUT2D eigenvalue weighted by atomic mass is 16.6. The van der Waals surface area contributed by atoms with Crippen LogP contribution in [0, 0.1) is 0 Å². The molecule has 0 bridgehead atoms. The van der Waals surface area contributed by atoms with Crippen molar-refractivity contribution < 1.29 is 9.53 Å². The van der Waals surface area contributed by atoms with Crippen LogP contribution >= 0.6 is 0 Å². The van der Waals surface area contributed by atoms with Crippen molar-refractivity contribution in [3.8, 4) is 0 Å². The minimum atomic E-state index is -0.428. The van der Waals surface area contributed by atoms with Crippen molar-refractivity contribution in [1.29, 1.82) is 0 Å². The Morgan fingerprint density at radius 2 is 2.25 bits per heavy atom. The van der Waals surface area contributed by atoms with Gasteiger partial charge in [-0.3, -0.25) is 0 Å². The van der Waals surface area contributed by atoms with E-state index in [4.69, 9.17) is 4.74 Å². The zero-order chi connectivity index (χ0) is 14.6. The van der Waals surface area contributed by atoms with Crippen LogP contribution in [0.3, 0.4) is 0 Å². The summed E-state index contributed by atoms with van der Waals surface area (Å²) in [7, 11) is 0. The van der Waals surface area contributed by atoms with Crippen molar-refractivity contribution in [1.82, 2.24) is 15.2 Å². The van der Waals surface area contributed by atoms with Crippen molar-refractivity contribution in [2.24, 2.45) is 0 Å². The molecule has 2 N–H and O–H groups in total. The highest BCUT2D eigenvalue weighted by molar-refractivity contribution is 5.69. The molecule has 1 aliphatic rings. The van der Waals surface area contributed by atoms with Crippen LogP contribution in [0.5, 0.6) is 0 Å². The van der Waals surface area contributed by atoms with E-state index in [1.807, 2.05) is 44.1 Å². The Labute approximate surface area is 120 Å².